The Morgan fingerprint density at radius 3 is 1.94 bits per heavy atom. The molecule has 0 amide bonds. The molecule has 2 aromatic carbocycles. The zero-order chi connectivity index (χ0) is 24.9. The predicted octanol–water partition coefficient (Wildman–Crippen LogP) is 6.64. The second kappa shape index (κ2) is 8.39. The van der Waals surface area contributed by atoms with E-state index in [1.54, 1.807) is 12.3 Å². The van der Waals surface area contributed by atoms with E-state index in [-0.39, 0.29) is 21.8 Å². The van der Waals surface area contributed by atoms with Gasteiger partial charge in [-0.25, -0.2) is 4.98 Å². The third-order valence-electron chi connectivity index (χ3n) is 5.55. The van der Waals surface area contributed by atoms with Crippen LogP contribution in [0.1, 0.15) is 84.8 Å². The van der Waals surface area contributed by atoms with Gasteiger partial charge in [0.15, 0.2) is 0 Å². The van der Waals surface area contributed by atoms with Crippen molar-refractivity contribution in [1.82, 2.24) is 9.66 Å². The molecule has 0 saturated heterocycles. The van der Waals surface area contributed by atoms with Crippen molar-refractivity contribution in [2.45, 2.75) is 78.6 Å². The monoisotopic (exact) mass is 511 g/mol. The number of fused-ring (bicyclic) bond motifs is 1. The van der Waals surface area contributed by atoms with Crippen LogP contribution in [0.25, 0.3) is 10.9 Å². The van der Waals surface area contributed by atoms with E-state index in [0.29, 0.717) is 22.5 Å². The maximum Gasteiger partial charge on any atom is 0.282 e. The second-order valence-corrected chi connectivity index (χ2v) is 12.6. The number of hydrogen-bond donors (Lipinski definition) is 1. The Bertz CT molecular complexity index is 1270. The fraction of sp³-hybridized carbons (Fsp3) is 0.444. The highest BCUT2D eigenvalue weighted by Gasteiger charge is 2.27. The predicted molar refractivity (Wildman–Crippen MR) is 141 cm³/mol. The van der Waals surface area contributed by atoms with Crippen molar-refractivity contribution < 1.29 is 5.11 Å². The number of hydrogen-bond acceptors (Lipinski definition) is 4. The lowest BCUT2D eigenvalue weighted by Gasteiger charge is -2.27. The van der Waals surface area contributed by atoms with Crippen molar-refractivity contribution in [2.24, 2.45) is 5.10 Å². The first-order valence-corrected chi connectivity index (χ1v) is 11.9. The summed E-state index contributed by atoms with van der Waals surface area (Å²) in [6.45, 7) is 18.5. The fourth-order valence-electron chi connectivity index (χ4n) is 3.74. The molecule has 0 saturated carbocycles. The van der Waals surface area contributed by atoms with Crippen molar-refractivity contribution in [3.8, 4) is 5.75 Å². The number of phenolic OH excluding ortho intramolecular Hbond substituents is 1. The molecule has 5 nitrogen and oxygen atoms in total. The van der Waals surface area contributed by atoms with Crippen LogP contribution in [0, 0.1) is 0 Å². The summed E-state index contributed by atoms with van der Waals surface area (Å²) in [7, 11) is 0. The third kappa shape index (κ3) is 5.21. The number of nitrogens with zero attached hydrogens (tertiary/aromatic N) is 3. The van der Waals surface area contributed by atoms with E-state index in [4.69, 9.17) is 4.98 Å². The fourth-order valence-corrected chi connectivity index (χ4v) is 4.10. The number of aromatic nitrogens is 2. The molecular weight excluding hydrogens is 478 g/mol. The molecule has 1 N–H and O–H groups in total. The zero-order valence-corrected chi connectivity index (χ0v) is 22.6. The molecule has 3 aromatic rings. The summed E-state index contributed by atoms with van der Waals surface area (Å²) < 4.78 is 2.21. The maximum absolute atomic E-state index is 13.4. The van der Waals surface area contributed by atoms with E-state index < -0.39 is 0 Å². The van der Waals surface area contributed by atoms with Gasteiger partial charge < -0.3 is 5.11 Å². The van der Waals surface area contributed by atoms with Gasteiger partial charge in [-0.3, -0.25) is 4.79 Å². The van der Waals surface area contributed by atoms with Crippen LogP contribution in [0.3, 0.4) is 0 Å². The third-order valence-corrected chi connectivity index (χ3v) is 6.04. The van der Waals surface area contributed by atoms with E-state index in [9.17, 15) is 9.90 Å². The highest BCUT2D eigenvalue weighted by molar-refractivity contribution is 9.10. The van der Waals surface area contributed by atoms with Gasteiger partial charge in [-0.15, -0.1) is 0 Å². The Morgan fingerprint density at radius 1 is 0.909 bits per heavy atom. The van der Waals surface area contributed by atoms with E-state index in [0.717, 1.165) is 21.2 Å². The number of aromatic hydroxyl groups is 1. The van der Waals surface area contributed by atoms with Crippen molar-refractivity contribution in [3.63, 3.8) is 0 Å². The number of halogens is 1. The molecule has 3 rings (SSSR count). The van der Waals surface area contributed by atoms with E-state index in [2.05, 4.69) is 62.6 Å². The lowest BCUT2D eigenvalue weighted by molar-refractivity contribution is 0.423. The van der Waals surface area contributed by atoms with Crippen LogP contribution >= 0.6 is 15.9 Å². The molecule has 0 aliphatic carbocycles. The average Bonchev–Trinajstić information content (AvgIpc) is 2.65. The Morgan fingerprint density at radius 2 is 1.45 bits per heavy atom. The topological polar surface area (TPSA) is 67.5 Å². The molecule has 0 fully saturated rings. The lowest BCUT2D eigenvalue weighted by Crippen LogP contribution is -2.29. The van der Waals surface area contributed by atoms with Gasteiger partial charge in [-0.2, -0.15) is 9.78 Å². The van der Waals surface area contributed by atoms with Gasteiger partial charge in [0, 0.05) is 21.0 Å². The van der Waals surface area contributed by atoms with Crippen LogP contribution in [-0.2, 0) is 16.2 Å². The van der Waals surface area contributed by atoms with E-state index >= 15 is 0 Å². The Balaban J connectivity index is 2.28. The summed E-state index contributed by atoms with van der Waals surface area (Å²) in [5, 5.41) is 16.1. The largest absolute Gasteiger partial charge is 0.507 e. The van der Waals surface area contributed by atoms with Gasteiger partial charge in [-0.1, -0.05) is 78.2 Å². The first kappa shape index (κ1) is 25.2. The number of rotatable bonds is 2. The summed E-state index contributed by atoms with van der Waals surface area (Å²) in [4.78, 5) is 18.2. The zero-order valence-electron chi connectivity index (χ0n) is 21.0. The SMILES string of the molecule is CC(C)(C)c1cc(C=Nn2c(C(C)(C)C)nc3ccc(Br)cc3c2=O)cc(C(C)(C)C)c1O. The van der Waals surface area contributed by atoms with Gasteiger partial charge in [0.25, 0.3) is 5.56 Å². The second-order valence-electron chi connectivity index (χ2n) is 11.7. The Kier molecular flexibility index (Phi) is 6.40. The van der Waals surface area contributed by atoms with Crippen LogP contribution < -0.4 is 5.56 Å². The van der Waals surface area contributed by atoms with Crippen LogP contribution in [0.5, 0.6) is 5.75 Å². The van der Waals surface area contributed by atoms with Gasteiger partial charge in [-0.05, 0) is 46.7 Å². The van der Waals surface area contributed by atoms with Crippen molar-refractivity contribution in [2.75, 3.05) is 0 Å². The van der Waals surface area contributed by atoms with E-state index in [1.807, 2.05) is 45.0 Å². The molecule has 0 aliphatic rings. The van der Waals surface area contributed by atoms with Crippen molar-refractivity contribution in [3.05, 3.63) is 67.7 Å². The van der Waals surface area contributed by atoms with Crippen molar-refractivity contribution in [1.29, 1.82) is 0 Å². The quantitative estimate of drug-likeness (QED) is 0.392. The lowest BCUT2D eigenvalue weighted by atomic mass is 9.78. The first-order valence-electron chi connectivity index (χ1n) is 11.2. The van der Waals surface area contributed by atoms with Crippen molar-refractivity contribution >= 4 is 33.0 Å². The maximum atomic E-state index is 13.4. The minimum atomic E-state index is -0.389. The molecule has 6 heteroatoms. The minimum Gasteiger partial charge on any atom is -0.507 e. The smallest absolute Gasteiger partial charge is 0.282 e. The van der Waals surface area contributed by atoms with Crippen LogP contribution in [0.15, 0.2) is 44.7 Å². The standard InChI is InChI=1S/C27H34BrN3O2/c1-25(2,3)19-12-16(13-20(22(19)32)26(4,5)6)15-29-31-23(33)18-14-17(28)10-11-21(18)30-24(31)27(7,8)9/h10-15,32H,1-9H3. The highest BCUT2D eigenvalue weighted by atomic mass is 79.9. The Hall–Kier alpha value is -2.47. The molecule has 0 spiro atoms. The van der Waals surface area contributed by atoms with Gasteiger partial charge in [0.05, 0.1) is 17.1 Å². The molecule has 0 atom stereocenters. The molecule has 33 heavy (non-hydrogen) atoms. The first-order chi connectivity index (χ1) is 15.0. The molecule has 1 aromatic heterocycles. The van der Waals surface area contributed by atoms with Crippen LogP contribution in [-0.4, -0.2) is 21.0 Å². The van der Waals surface area contributed by atoms with Gasteiger partial charge in [0.2, 0.25) is 0 Å². The molecule has 0 aliphatic heterocycles. The molecule has 0 unspecified atom stereocenters. The minimum absolute atomic E-state index is 0.214. The average molecular weight is 512 g/mol. The molecule has 0 bridgehead atoms. The van der Waals surface area contributed by atoms with E-state index in [1.165, 1.54) is 4.68 Å². The number of benzene rings is 2. The summed E-state index contributed by atoms with van der Waals surface area (Å²) in [6.07, 6.45) is 1.69. The summed E-state index contributed by atoms with van der Waals surface area (Å²) >= 11 is 3.45. The summed E-state index contributed by atoms with van der Waals surface area (Å²) in [5.74, 6) is 0.904. The summed E-state index contributed by atoms with van der Waals surface area (Å²) in [5.41, 5.74) is 2.06. The molecule has 1 heterocycles. The number of phenols is 1. The highest BCUT2D eigenvalue weighted by Crippen LogP contribution is 2.39. The normalized spacial score (nSPS) is 13.3. The molecule has 176 valence electrons. The van der Waals surface area contributed by atoms with Crippen LogP contribution in [0.4, 0.5) is 0 Å². The Labute approximate surface area is 204 Å². The van der Waals surface area contributed by atoms with Gasteiger partial charge >= 0.3 is 0 Å². The molecular formula is C27H34BrN3O2. The summed E-state index contributed by atoms with van der Waals surface area (Å²) in [6, 6.07) is 9.39. The van der Waals surface area contributed by atoms with Crippen LogP contribution in [0.2, 0.25) is 0 Å². The van der Waals surface area contributed by atoms with Gasteiger partial charge in [0.1, 0.15) is 11.6 Å². The molecule has 0 radical (unpaired) electrons.